The van der Waals surface area contributed by atoms with Gasteiger partial charge in [-0.15, -0.1) is 0 Å². The number of amides is 1. The van der Waals surface area contributed by atoms with Crippen LogP contribution in [0.25, 0.3) is 11.0 Å². The lowest BCUT2D eigenvalue weighted by Gasteiger charge is -2.16. The molecule has 0 spiro atoms. The summed E-state index contributed by atoms with van der Waals surface area (Å²) in [7, 11) is 0. The molecule has 0 saturated heterocycles. The van der Waals surface area contributed by atoms with E-state index in [1.807, 2.05) is 32.0 Å². The smallest absolute Gasteiger partial charge is 0.294 e. The van der Waals surface area contributed by atoms with Crippen molar-refractivity contribution in [1.82, 2.24) is 5.16 Å². The third-order valence-electron chi connectivity index (χ3n) is 4.82. The second kappa shape index (κ2) is 5.51. The van der Waals surface area contributed by atoms with Crippen LogP contribution < -0.4 is 5.32 Å². The summed E-state index contributed by atoms with van der Waals surface area (Å²) in [4.78, 5) is 12.7. The molecule has 5 heteroatoms. The predicted molar refractivity (Wildman–Crippen MR) is 91.3 cm³/mol. The van der Waals surface area contributed by atoms with Gasteiger partial charge in [-0.1, -0.05) is 24.2 Å². The Labute approximate surface area is 140 Å². The molecule has 0 aliphatic heterocycles. The highest BCUT2D eigenvalue weighted by Crippen LogP contribution is 2.32. The summed E-state index contributed by atoms with van der Waals surface area (Å²) in [6.45, 7) is 6.10. The molecule has 1 atom stereocenters. The topological polar surface area (TPSA) is 68.3 Å². The average molecular weight is 324 g/mol. The van der Waals surface area contributed by atoms with Crippen LogP contribution in [0.1, 0.15) is 46.3 Å². The van der Waals surface area contributed by atoms with Crippen molar-refractivity contribution in [3.8, 4) is 0 Å². The van der Waals surface area contributed by atoms with Gasteiger partial charge in [-0.25, -0.2) is 0 Å². The Bertz CT molecular complexity index is 936. The Morgan fingerprint density at radius 3 is 3.00 bits per heavy atom. The normalized spacial score (nSPS) is 17.0. The summed E-state index contributed by atoms with van der Waals surface area (Å²) < 4.78 is 11.1. The molecular formula is C19H20N2O3. The molecular weight excluding hydrogens is 304 g/mol. The van der Waals surface area contributed by atoms with Gasteiger partial charge in [0, 0.05) is 16.5 Å². The van der Waals surface area contributed by atoms with Crippen LogP contribution in [0.3, 0.4) is 0 Å². The van der Waals surface area contributed by atoms with Crippen molar-refractivity contribution in [3.63, 3.8) is 0 Å². The second-order valence-electron chi connectivity index (χ2n) is 6.79. The maximum Gasteiger partial charge on any atom is 0.294 e. The molecule has 1 amide bonds. The molecule has 1 aliphatic carbocycles. The van der Waals surface area contributed by atoms with E-state index in [0.29, 0.717) is 17.6 Å². The van der Waals surface area contributed by atoms with E-state index in [1.54, 1.807) is 0 Å². The van der Waals surface area contributed by atoms with E-state index < -0.39 is 0 Å². The van der Waals surface area contributed by atoms with E-state index >= 15 is 0 Å². The SMILES string of the molecule is Cc1ccc2c(C)c(C(=O)Nc3onc4c3C[C@@H](C)CC4)oc2c1. The molecule has 2 heterocycles. The van der Waals surface area contributed by atoms with E-state index in [4.69, 9.17) is 8.94 Å². The minimum Gasteiger partial charge on any atom is -0.451 e. The summed E-state index contributed by atoms with van der Waals surface area (Å²) >= 11 is 0. The fourth-order valence-electron chi connectivity index (χ4n) is 3.39. The van der Waals surface area contributed by atoms with Gasteiger partial charge in [0.15, 0.2) is 5.76 Å². The lowest BCUT2D eigenvalue weighted by atomic mass is 9.89. The molecule has 124 valence electrons. The number of aryl methyl sites for hydroxylation is 3. The third-order valence-corrected chi connectivity index (χ3v) is 4.82. The first-order valence-electron chi connectivity index (χ1n) is 8.31. The van der Waals surface area contributed by atoms with Crippen molar-refractivity contribution >= 4 is 22.8 Å². The summed E-state index contributed by atoms with van der Waals surface area (Å²) in [5, 5.41) is 7.89. The molecule has 2 aromatic heterocycles. The van der Waals surface area contributed by atoms with Crippen LogP contribution in [-0.2, 0) is 12.8 Å². The maximum absolute atomic E-state index is 12.7. The van der Waals surface area contributed by atoms with Crippen molar-refractivity contribution in [2.45, 2.75) is 40.0 Å². The third kappa shape index (κ3) is 2.40. The van der Waals surface area contributed by atoms with Crippen molar-refractivity contribution < 1.29 is 13.7 Å². The zero-order chi connectivity index (χ0) is 16.8. The number of anilines is 1. The monoisotopic (exact) mass is 324 g/mol. The number of carbonyl (C=O) groups excluding carboxylic acids is 1. The average Bonchev–Trinajstić information content (AvgIpc) is 3.08. The minimum atomic E-state index is -0.293. The molecule has 5 nitrogen and oxygen atoms in total. The summed E-state index contributed by atoms with van der Waals surface area (Å²) in [6.07, 6.45) is 2.89. The highest BCUT2D eigenvalue weighted by molar-refractivity contribution is 6.06. The number of furan rings is 1. The molecule has 0 bridgehead atoms. The summed E-state index contributed by atoms with van der Waals surface area (Å²) in [5.74, 6) is 1.06. The quantitative estimate of drug-likeness (QED) is 0.758. The Hall–Kier alpha value is -2.56. The number of rotatable bonds is 2. The fraction of sp³-hybridized carbons (Fsp3) is 0.368. The van der Waals surface area contributed by atoms with Crippen molar-refractivity contribution in [2.75, 3.05) is 5.32 Å². The number of fused-ring (bicyclic) bond motifs is 2. The molecule has 1 aromatic carbocycles. The lowest BCUT2D eigenvalue weighted by molar-refractivity contribution is 0.0994. The van der Waals surface area contributed by atoms with Crippen LogP contribution in [0.2, 0.25) is 0 Å². The van der Waals surface area contributed by atoms with Crippen LogP contribution in [0.5, 0.6) is 0 Å². The maximum atomic E-state index is 12.7. The highest BCUT2D eigenvalue weighted by atomic mass is 16.5. The Morgan fingerprint density at radius 2 is 2.17 bits per heavy atom. The van der Waals surface area contributed by atoms with Gasteiger partial charge in [0.25, 0.3) is 5.91 Å². The van der Waals surface area contributed by atoms with Crippen LogP contribution in [0.4, 0.5) is 5.88 Å². The largest absolute Gasteiger partial charge is 0.451 e. The van der Waals surface area contributed by atoms with Crippen molar-refractivity contribution in [1.29, 1.82) is 0 Å². The number of hydrogen-bond acceptors (Lipinski definition) is 4. The van der Waals surface area contributed by atoms with Gasteiger partial charge in [0.2, 0.25) is 5.88 Å². The van der Waals surface area contributed by atoms with Crippen molar-refractivity contribution in [2.24, 2.45) is 5.92 Å². The Morgan fingerprint density at radius 1 is 1.33 bits per heavy atom. The molecule has 1 N–H and O–H groups in total. The van der Waals surface area contributed by atoms with E-state index in [0.717, 1.165) is 52.6 Å². The predicted octanol–water partition coefficient (Wildman–Crippen LogP) is 4.41. The number of carbonyl (C=O) groups is 1. The van der Waals surface area contributed by atoms with Crippen LogP contribution in [-0.4, -0.2) is 11.1 Å². The fourth-order valence-corrected chi connectivity index (χ4v) is 3.39. The molecule has 0 radical (unpaired) electrons. The van der Waals surface area contributed by atoms with Gasteiger partial charge in [0.1, 0.15) is 5.58 Å². The van der Waals surface area contributed by atoms with E-state index in [-0.39, 0.29) is 5.91 Å². The van der Waals surface area contributed by atoms with Crippen LogP contribution in [0, 0.1) is 19.8 Å². The highest BCUT2D eigenvalue weighted by Gasteiger charge is 2.26. The van der Waals surface area contributed by atoms with Gasteiger partial charge < -0.3 is 8.94 Å². The summed E-state index contributed by atoms with van der Waals surface area (Å²) in [5.41, 5.74) is 4.64. The molecule has 24 heavy (non-hydrogen) atoms. The first-order chi connectivity index (χ1) is 11.5. The van der Waals surface area contributed by atoms with Crippen molar-refractivity contribution in [3.05, 3.63) is 46.3 Å². The second-order valence-corrected chi connectivity index (χ2v) is 6.79. The molecule has 4 rings (SSSR count). The van der Waals surface area contributed by atoms with E-state index in [9.17, 15) is 4.79 Å². The summed E-state index contributed by atoms with van der Waals surface area (Å²) in [6, 6.07) is 5.94. The lowest BCUT2D eigenvalue weighted by Crippen LogP contribution is -2.16. The van der Waals surface area contributed by atoms with Crippen LogP contribution in [0.15, 0.2) is 27.1 Å². The first kappa shape index (κ1) is 15.0. The number of nitrogens with one attached hydrogen (secondary N) is 1. The van der Waals surface area contributed by atoms with Gasteiger partial charge in [-0.2, -0.15) is 0 Å². The zero-order valence-electron chi connectivity index (χ0n) is 14.1. The van der Waals surface area contributed by atoms with Gasteiger partial charge >= 0.3 is 0 Å². The number of hydrogen-bond donors (Lipinski definition) is 1. The standard InChI is InChI=1S/C19H20N2O3/c1-10-5-7-15-14(8-10)19(24-21-15)20-18(22)17-12(3)13-6-4-11(2)9-16(13)23-17/h4,6,9-10H,5,7-8H2,1-3H3,(H,20,22)/t10-/m0/s1. The Kier molecular flexibility index (Phi) is 3.44. The minimum absolute atomic E-state index is 0.293. The zero-order valence-corrected chi connectivity index (χ0v) is 14.1. The molecule has 0 unspecified atom stereocenters. The first-order valence-corrected chi connectivity index (χ1v) is 8.31. The molecule has 0 saturated carbocycles. The van der Waals surface area contributed by atoms with Gasteiger partial charge in [-0.05, 0) is 50.7 Å². The number of aromatic nitrogens is 1. The van der Waals surface area contributed by atoms with Crippen LogP contribution >= 0.6 is 0 Å². The van der Waals surface area contributed by atoms with E-state index in [2.05, 4.69) is 17.4 Å². The molecule has 1 aliphatic rings. The van der Waals surface area contributed by atoms with E-state index in [1.165, 1.54) is 0 Å². The van der Waals surface area contributed by atoms with Gasteiger partial charge in [0.05, 0.1) is 5.69 Å². The Balaban J connectivity index is 1.66. The molecule has 3 aromatic rings. The number of nitrogens with zero attached hydrogens (tertiary/aromatic N) is 1. The molecule has 0 fully saturated rings. The number of benzene rings is 1. The van der Waals surface area contributed by atoms with Gasteiger partial charge in [-0.3, -0.25) is 10.1 Å².